The number of nitrogens with zero attached hydrogens (tertiary/aromatic N) is 1. The topological polar surface area (TPSA) is 15.3 Å². The molecular formula is C19H38N2. The van der Waals surface area contributed by atoms with Crippen LogP contribution in [-0.2, 0) is 0 Å². The van der Waals surface area contributed by atoms with Gasteiger partial charge in [0.05, 0.1) is 0 Å². The van der Waals surface area contributed by atoms with Crippen LogP contribution in [0, 0.1) is 17.8 Å². The Hall–Kier alpha value is -0.0800. The molecule has 0 amide bonds. The summed E-state index contributed by atoms with van der Waals surface area (Å²) >= 11 is 0. The molecule has 21 heavy (non-hydrogen) atoms. The standard InChI is InChI=1S/C19H38N2/c1-5-6-18-14-21(19(13-20-18)15(2)3)12-11-17-9-7-16(4)8-10-17/h15-20H,5-14H2,1-4H3. The summed E-state index contributed by atoms with van der Waals surface area (Å²) in [5, 5.41) is 3.78. The normalized spacial score (nSPS) is 35.3. The molecule has 0 aromatic heterocycles. The Morgan fingerprint density at radius 1 is 1.10 bits per heavy atom. The second-order valence-electron chi connectivity index (χ2n) is 8.11. The van der Waals surface area contributed by atoms with Crippen LogP contribution in [0.2, 0.25) is 0 Å². The van der Waals surface area contributed by atoms with Gasteiger partial charge in [-0.25, -0.2) is 0 Å². The molecule has 0 bridgehead atoms. The first kappa shape index (κ1) is 17.3. The first-order valence-corrected chi connectivity index (χ1v) is 9.57. The van der Waals surface area contributed by atoms with Gasteiger partial charge in [-0.3, -0.25) is 4.90 Å². The van der Waals surface area contributed by atoms with Gasteiger partial charge in [0.15, 0.2) is 0 Å². The Morgan fingerprint density at radius 2 is 1.81 bits per heavy atom. The van der Waals surface area contributed by atoms with Crippen molar-refractivity contribution in [2.24, 2.45) is 17.8 Å². The Balaban J connectivity index is 1.81. The maximum absolute atomic E-state index is 3.78. The molecule has 124 valence electrons. The molecule has 2 fully saturated rings. The van der Waals surface area contributed by atoms with Crippen molar-refractivity contribution in [3.05, 3.63) is 0 Å². The summed E-state index contributed by atoms with van der Waals surface area (Å²) in [5.41, 5.74) is 0. The van der Waals surface area contributed by atoms with Crippen LogP contribution in [0.25, 0.3) is 0 Å². The molecule has 2 nitrogen and oxygen atoms in total. The fourth-order valence-electron chi connectivity index (χ4n) is 4.32. The quantitative estimate of drug-likeness (QED) is 0.785. The minimum Gasteiger partial charge on any atom is -0.311 e. The number of hydrogen-bond donors (Lipinski definition) is 1. The van der Waals surface area contributed by atoms with Crippen LogP contribution >= 0.6 is 0 Å². The van der Waals surface area contributed by atoms with Crippen molar-refractivity contribution in [2.45, 2.75) is 84.7 Å². The van der Waals surface area contributed by atoms with Gasteiger partial charge in [0.25, 0.3) is 0 Å². The van der Waals surface area contributed by atoms with Crippen molar-refractivity contribution in [3.63, 3.8) is 0 Å². The van der Waals surface area contributed by atoms with Crippen molar-refractivity contribution in [3.8, 4) is 0 Å². The molecule has 0 radical (unpaired) electrons. The first-order chi connectivity index (χ1) is 10.1. The number of rotatable bonds is 6. The van der Waals surface area contributed by atoms with Gasteiger partial charge in [0, 0.05) is 25.2 Å². The SMILES string of the molecule is CCCC1CN(CCC2CCC(C)CC2)C(C(C)C)CN1. The van der Waals surface area contributed by atoms with E-state index in [1.807, 2.05) is 0 Å². The summed E-state index contributed by atoms with van der Waals surface area (Å²) in [5.74, 6) is 2.76. The molecule has 1 heterocycles. The van der Waals surface area contributed by atoms with Gasteiger partial charge >= 0.3 is 0 Å². The molecule has 0 spiro atoms. The van der Waals surface area contributed by atoms with E-state index in [1.54, 1.807) is 0 Å². The number of hydrogen-bond acceptors (Lipinski definition) is 2. The third-order valence-corrected chi connectivity index (χ3v) is 5.91. The molecule has 1 aliphatic carbocycles. The summed E-state index contributed by atoms with van der Waals surface area (Å²) in [7, 11) is 0. The average Bonchev–Trinajstić information content (AvgIpc) is 2.47. The van der Waals surface area contributed by atoms with Gasteiger partial charge in [-0.15, -0.1) is 0 Å². The van der Waals surface area contributed by atoms with Crippen molar-refractivity contribution in [1.82, 2.24) is 10.2 Å². The summed E-state index contributed by atoms with van der Waals surface area (Å²) in [6.07, 6.45) is 9.99. The fourth-order valence-corrected chi connectivity index (χ4v) is 4.32. The van der Waals surface area contributed by atoms with E-state index >= 15 is 0 Å². The molecular weight excluding hydrogens is 256 g/mol. The Kier molecular flexibility index (Phi) is 7.01. The zero-order valence-corrected chi connectivity index (χ0v) is 14.9. The van der Waals surface area contributed by atoms with Crippen LogP contribution in [0.1, 0.15) is 72.6 Å². The lowest BCUT2D eigenvalue weighted by Crippen LogP contribution is -2.58. The Bertz CT molecular complexity index is 281. The second-order valence-corrected chi connectivity index (χ2v) is 8.11. The minimum absolute atomic E-state index is 0.733. The van der Waals surface area contributed by atoms with E-state index in [0.717, 1.165) is 29.8 Å². The highest BCUT2D eigenvalue weighted by atomic mass is 15.2. The molecule has 0 aromatic carbocycles. The predicted octanol–water partition coefficient (Wildman–Crippen LogP) is 4.30. The molecule has 2 heteroatoms. The third-order valence-electron chi connectivity index (χ3n) is 5.91. The zero-order chi connectivity index (χ0) is 15.2. The highest BCUT2D eigenvalue weighted by Crippen LogP contribution is 2.31. The van der Waals surface area contributed by atoms with Gasteiger partial charge in [-0.2, -0.15) is 0 Å². The first-order valence-electron chi connectivity index (χ1n) is 9.57. The van der Waals surface area contributed by atoms with Crippen molar-refractivity contribution in [1.29, 1.82) is 0 Å². The van der Waals surface area contributed by atoms with Gasteiger partial charge in [0.2, 0.25) is 0 Å². The third kappa shape index (κ3) is 5.25. The van der Waals surface area contributed by atoms with Crippen LogP contribution in [0.15, 0.2) is 0 Å². The Labute approximate surface area is 133 Å². The van der Waals surface area contributed by atoms with E-state index in [1.165, 1.54) is 64.6 Å². The van der Waals surface area contributed by atoms with Crippen LogP contribution in [0.5, 0.6) is 0 Å². The smallest absolute Gasteiger partial charge is 0.0244 e. The monoisotopic (exact) mass is 294 g/mol. The number of nitrogens with one attached hydrogen (secondary N) is 1. The van der Waals surface area contributed by atoms with E-state index in [2.05, 4.69) is 37.9 Å². The van der Waals surface area contributed by atoms with Crippen LogP contribution in [0.4, 0.5) is 0 Å². The lowest BCUT2D eigenvalue weighted by Gasteiger charge is -2.43. The predicted molar refractivity (Wildman–Crippen MR) is 92.6 cm³/mol. The largest absolute Gasteiger partial charge is 0.311 e. The second kappa shape index (κ2) is 8.53. The maximum Gasteiger partial charge on any atom is 0.0244 e. The van der Waals surface area contributed by atoms with Crippen molar-refractivity contribution in [2.75, 3.05) is 19.6 Å². The van der Waals surface area contributed by atoms with E-state index < -0.39 is 0 Å². The lowest BCUT2D eigenvalue weighted by atomic mass is 9.81. The Morgan fingerprint density at radius 3 is 2.43 bits per heavy atom. The average molecular weight is 295 g/mol. The van der Waals surface area contributed by atoms with Crippen LogP contribution in [-0.4, -0.2) is 36.6 Å². The molecule has 2 atom stereocenters. The molecule has 0 aromatic rings. The van der Waals surface area contributed by atoms with Gasteiger partial charge in [0.1, 0.15) is 0 Å². The molecule has 2 rings (SSSR count). The molecule has 2 aliphatic rings. The summed E-state index contributed by atoms with van der Waals surface area (Å²) in [4.78, 5) is 2.82. The van der Waals surface area contributed by atoms with E-state index in [0.29, 0.717) is 0 Å². The highest BCUT2D eigenvalue weighted by molar-refractivity contribution is 4.88. The molecule has 2 unspecified atom stereocenters. The molecule has 1 aliphatic heterocycles. The minimum atomic E-state index is 0.733. The van der Waals surface area contributed by atoms with Crippen molar-refractivity contribution < 1.29 is 0 Å². The van der Waals surface area contributed by atoms with E-state index in [4.69, 9.17) is 0 Å². The van der Waals surface area contributed by atoms with Gasteiger partial charge in [-0.1, -0.05) is 59.8 Å². The lowest BCUT2D eigenvalue weighted by molar-refractivity contribution is 0.0854. The highest BCUT2D eigenvalue weighted by Gasteiger charge is 2.30. The number of piperazine rings is 1. The maximum atomic E-state index is 3.78. The van der Waals surface area contributed by atoms with Gasteiger partial charge in [-0.05, 0) is 37.1 Å². The fraction of sp³-hybridized carbons (Fsp3) is 1.00. The van der Waals surface area contributed by atoms with E-state index in [9.17, 15) is 0 Å². The van der Waals surface area contributed by atoms with Crippen LogP contribution < -0.4 is 5.32 Å². The van der Waals surface area contributed by atoms with Crippen LogP contribution in [0.3, 0.4) is 0 Å². The molecule has 1 N–H and O–H groups in total. The van der Waals surface area contributed by atoms with Gasteiger partial charge < -0.3 is 5.32 Å². The summed E-state index contributed by atoms with van der Waals surface area (Å²) in [6.45, 7) is 13.3. The summed E-state index contributed by atoms with van der Waals surface area (Å²) < 4.78 is 0. The summed E-state index contributed by atoms with van der Waals surface area (Å²) in [6, 6.07) is 1.48. The molecule has 1 saturated heterocycles. The van der Waals surface area contributed by atoms with Crippen molar-refractivity contribution >= 4 is 0 Å². The zero-order valence-electron chi connectivity index (χ0n) is 14.9. The van der Waals surface area contributed by atoms with E-state index in [-0.39, 0.29) is 0 Å². The molecule has 1 saturated carbocycles.